The first-order chi connectivity index (χ1) is 9.72. The van der Waals surface area contributed by atoms with Crippen LogP contribution in [0.25, 0.3) is 0 Å². The minimum absolute atomic E-state index is 0.362. The molecule has 20 heavy (non-hydrogen) atoms. The van der Waals surface area contributed by atoms with Gasteiger partial charge in [-0.2, -0.15) is 0 Å². The maximum Gasteiger partial charge on any atom is 0.125 e. The second kappa shape index (κ2) is 6.60. The quantitative estimate of drug-likeness (QED) is 0.735. The van der Waals surface area contributed by atoms with Gasteiger partial charge in [-0.3, -0.25) is 0 Å². The van der Waals surface area contributed by atoms with Crippen molar-refractivity contribution in [3.63, 3.8) is 0 Å². The Morgan fingerprint density at radius 1 is 1.25 bits per heavy atom. The average molecular weight is 417 g/mol. The molecule has 1 aromatic carbocycles. The van der Waals surface area contributed by atoms with Crippen molar-refractivity contribution in [1.82, 2.24) is 5.32 Å². The second-order valence-corrected chi connectivity index (χ2v) is 8.28. The van der Waals surface area contributed by atoms with Gasteiger partial charge in [0.1, 0.15) is 5.75 Å². The lowest BCUT2D eigenvalue weighted by Crippen LogP contribution is -2.20. The summed E-state index contributed by atoms with van der Waals surface area (Å²) in [7, 11) is 0. The van der Waals surface area contributed by atoms with E-state index in [2.05, 4.69) is 67.5 Å². The summed E-state index contributed by atoms with van der Waals surface area (Å²) in [6, 6.07) is 10.9. The Labute approximate surface area is 139 Å². The molecule has 1 atom stereocenters. The van der Waals surface area contributed by atoms with Gasteiger partial charge in [-0.1, -0.05) is 22.0 Å². The Kier molecular flexibility index (Phi) is 4.81. The molecule has 0 saturated carbocycles. The lowest BCUT2D eigenvalue weighted by atomic mass is 10.0. The first-order valence-electron chi connectivity index (χ1n) is 6.62. The fraction of sp³-hybridized carbons (Fsp3) is 0.333. The molecule has 1 N–H and O–H groups in total. The van der Waals surface area contributed by atoms with Crippen LogP contribution in [0.5, 0.6) is 5.75 Å². The molecular formula is C15H15Br2NOS. The first kappa shape index (κ1) is 14.6. The van der Waals surface area contributed by atoms with Crippen molar-refractivity contribution < 1.29 is 4.74 Å². The predicted molar refractivity (Wildman–Crippen MR) is 90.5 cm³/mol. The molecule has 0 fully saturated rings. The van der Waals surface area contributed by atoms with E-state index in [1.54, 1.807) is 11.3 Å². The van der Waals surface area contributed by atoms with Crippen molar-refractivity contribution >= 4 is 43.2 Å². The van der Waals surface area contributed by atoms with Crippen LogP contribution in [0.2, 0.25) is 0 Å². The molecule has 106 valence electrons. The van der Waals surface area contributed by atoms with E-state index in [1.807, 2.05) is 0 Å². The zero-order valence-electron chi connectivity index (χ0n) is 10.9. The molecule has 0 aliphatic carbocycles. The van der Waals surface area contributed by atoms with Gasteiger partial charge < -0.3 is 10.1 Å². The Bertz CT molecular complexity index is 599. The highest BCUT2D eigenvalue weighted by Gasteiger charge is 2.19. The third-order valence-corrected chi connectivity index (χ3v) is 5.51. The molecule has 3 rings (SSSR count). The largest absolute Gasteiger partial charge is 0.493 e. The highest BCUT2D eigenvalue weighted by Crippen LogP contribution is 2.34. The molecule has 1 aliphatic heterocycles. The smallest absolute Gasteiger partial charge is 0.125 e. The molecular weight excluding hydrogens is 402 g/mol. The van der Waals surface area contributed by atoms with Crippen LogP contribution >= 0.6 is 43.2 Å². The Morgan fingerprint density at radius 2 is 2.15 bits per heavy atom. The van der Waals surface area contributed by atoms with Gasteiger partial charge in [0.2, 0.25) is 0 Å². The van der Waals surface area contributed by atoms with E-state index in [-0.39, 0.29) is 0 Å². The van der Waals surface area contributed by atoms with E-state index in [4.69, 9.17) is 4.74 Å². The number of rotatable bonds is 3. The van der Waals surface area contributed by atoms with Crippen molar-refractivity contribution in [3.8, 4) is 5.75 Å². The standard InChI is InChI=1S/C15H15Br2NOS/c16-10-3-5-12-13(2-1-7-19-14(12)8-10)18-9-11-4-6-15(17)20-11/h3-6,8,13,18H,1-2,7,9H2. The number of ether oxygens (including phenoxy) is 1. The van der Waals surface area contributed by atoms with Gasteiger partial charge in [0.15, 0.2) is 0 Å². The van der Waals surface area contributed by atoms with Gasteiger partial charge in [0, 0.05) is 27.5 Å². The van der Waals surface area contributed by atoms with Crippen LogP contribution in [-0.4, -0.2) is 6.61 Å². The molecule has 1 unspecified atom stereocenters. The third-order valence-electron chi connectivity index (χ3n) is 3.40. The number of thiophene rings is 1. The number of fused-ring (bicyclic) bond motifs is 1. The van der Waals surface area contributed by atoms with Crippen LogP contribution < -0.4 is 10.1 Å². The molecule has 0 radical (unpaired) electrons. The zero-order chi connectivity index (χ0) is 13.9. The van der Waals surface area contributed by atoms with E-state index in [1.165, 1.54) is 14.2 Å². The summed E-state index contributed by atoms with van der Waals surface area (Å²) in [5.41, 5.74) is 1.27. The summed E-state index contributed by atoms with van der Waals surface area (Å²) in [5.74, 6) is 1.00. The van der Waals surface area contributed by atoms with Crippen molar-refractivity contribution in [2.75, 3.05) is 6.61 Å². The number of nitrogens with one attached hydrogen (secondary N) is 1. The molecule has 2 aromatic rings. The lowest BCUT2D eigenvalue weighted by molar-refractivity contribution is 0.315. The Hall–Kier alpha value is -0.360. The predicted octanol–water partition coefficient (Wildman–Crippen LogP) is 5.28. The normalized spacial score (nSPS) is 18.2. The third kappa shape index (κ3) is 3.45. The van der Waals surface area contributed by atoms with Gasteiger partial charge in [-0.15, -0.1) is 11.3 Å². The highest BCUT2D eigenvalue weighted by molar-refractivity contribution is 9.11. The summed E-state index contributed by atoms with van der Waals surface area (Å²) in [4.78, 5) is 1.35. The molecule has 0 saturated heterocycles. The maximum atomic E-state index is 5.84. The summed E-state index contributed by atoms with van der Waals surface area (Å²) >= 11 is 8.80. The number of hydrogen-bond acceptors (Lipinski definition) is 3. The van der Waals surface area contributed by atoms with Gasteiger partial charge in [0.25, 0.3) is 0 Å². The summed E-state index contributed by atoms with van der Waals surface area (Å²) in [6.07, 6.45) is 2.19. The van der Waals surface area contributed by atoms with Gasteiger partial charge in [-0.25, -0.2) is 0 Å². The van der Waals surface area contributed by atoms with Crippen molar-refractivity contribution in [1.29, 1.82) is 0 Å². The molecule has 0 amide bonds. The molecule has 5 heteroatoms. The topological polar surface area (TPSA) is 21.3 Å². The van der Waals surface area contributed by atoms with E-state index in [0.717, 1.165) is 36.2 Å². The van der Waals surface area contributed by atoms with Crippen LogP contribution in [0.15, 0.2) is 38.6 Å². The van der Waals surface area contributed by atoms with Crippen LogP contribution in [-0.2, 0) is 6.54 Å². The van der Waals surface area contributed by atoms with Gasteiger partial charge in [0.05, 0.1) is 10.4 Å². The van der Waals surface area contributed by atoms with Crippen molar-refractivity contribution in [2.24, 2.45) is 0 Å². The van der Waals surface area contributed by atoms with Crippen molar-refractivity contribution in [2.45, 2.75) is 25.4 Å². The van der Waals surface area contributed by atoms with E-state index in [9.17, 15) is 0 Å². The minimum Gasteiger partial charge on any atom is -0.493 e. The summed E-state index contributed by atoms with van der Waals surface area (Å²) in [5, 5.41) is 3.66. The van der Waals surface area contributed by atoms with Gasteiger partial charge in [-0.05, 0) is 53.0 Å². The maximum absolute atomic E-state index is 5.84. The summed E-state index contributed by atoms with van der Waals surface area (Å²) < 4.78 is 8.09. The number of hydrogen-bond donors (Lipinski definition) is 1. The zero-order valence-corrected chi connectivity index (χ0v) is 14.9. The molecule has 2 nitrogen and oxygen atoms in total. The van der Waals surface area contributed by atoms with Crippen LogP contribution in [0.3, 0.4) is 0 Å². The molecule has 0 spiro atoms. The fourth-order valence-corrected chi connectivity index (χ4v) is 4.20. The van der Waals surface area contributed by atoms with Crippen LogP contribution in [0, 0.1) is 0 Å². The van der Waals surface area contributed by atoms with Gasteiger partial charge >= 0.3 is 0 Å². The van der Waals surface area contributed by atoms with Crippen LogP contribution in [0.1, 0.15) is 29.3 Å². The van der Waals surface area contributed by atoms with E-state index >= 15 is 0 Å². The molecule has 0 bridgehead atoms. The Morgan fingerprint density at radius 3 is 2.95 bits per heavy atom. The Balaban J connectivity index is 1.76. The first-order valence-corrected chi connectivity index (χ1v) is 9.02. The molecule has 1 aromatic heterocycles. The molecule has 2 heterocycles. The average Bonchev–Trinajstić information content (AvgIpc) is 2.74. The fourth-order valence-electron chi connectivity index (χ4n) is 2.43. The number of halogens is 2. The lowest BCUT2D eigenvalue weighted by Gasteiger charge is -2.18. The summed E-state index contributed by atoms with van der Waals surface area (Å²) in [6.45, 7) is 1.70. The van der Waals surface area contributed by atoms with Crippen molar-refractivity contribution in [3.05, 3.63) is 49.0 Å². The number of benzene rings is 1. The second-order valence-electron chi connectivity index (χ2n) is 4.81. The monoisotopic (exact) mass is 415 g/mol. The van der Waals surface area contributed by atoms with E-state index < -0.39 is 0 Å². The van der Waals surface area contributed by atoms with Crippen LogP contribution in [0.4, 0.5) is 0 Å². The molecule has 1 aliphatic rings. The highest BCUT2D eigenvalue weighted by atomic mass is 79.9. The van der Waals surface area contributed by atoms with E-state index in [0.29, 0.717) is 6.04 Å². The minimum atomic E-state index is 0.362. The SMILES string of the molecule is Brc1ccc2c(c1)OCCCC2NCc1ccc(Br)s1.